The summed E-state index contributed by atoms with van der Waals surface area (Å²) in [5, 5.41) is 10.2. The number of hydroxylamine groups is 1. The maximum absolute atomic E-state index is 11.0. The molecule has 0 saturated heterocycles. The van der Waals surface area contributed by atoms with Crippen LogP contribution >= 0.6 is 11.8 Å². The Morgan fingerprint density at radius 2 is 2.17 bits per heavy atom. The summed E-state index contributed by atoms with van der Waals surface area (Å²) in [6.07, 6.45) is 1.87. The number of rotatable bonds is 2. The highest BCUT2D eigenvalue weighted by Crippen LogP contribution is 2.18. The average Bonchev–Trinajstić information content (AvgIpc) is 2.16. The quantitative estimate of drug-likeness (QED) is 0.540. The van der Waals surface area contributed by atoms with Crippen LogP contribution in [0.5, 0.6) is 0 Å². The number of benzene rings is 1. The molecule has 1 aromatic carbocycles. The van der Waals surface area contributed by atoms with Gasteiger partial charge in [0.1, 0.15) is 0 Å². The second-order valence-corrected chi connectivity index (χ2v) is 3.03. The van der Waals surface area contributed by atoms with Crippen LogP contribution in [0.1, 0.15) is 10.4 Å². The van der Waals surface area contributed by atoms with Crippen molar-refractivity contribution in [3.8, 4) is 0 Å². The maximum Gasteiger partial charge on any atom is 0.343 e. The van der Waals surface area contributed by atoms with Gasteiger partial charge in [0, 0.05) is 4.90 Å². The maximum atomic E-state index is 11.0. The summed E-state index contributed by atoms with van der Waals surface area (Å²) < 4.78 is 0. The molecule has 0 aliphatic heterocycles. The molecule has 2 N–H and O–H groups in total. The van der Waals surface area contributed by atoms with Gasteiger partial charge >= 0.3 is 5.91 Å². The lowest BCUT2D eigenvalue weighted by Crippen LogP contribution is -2.81. The molecule has 0 saturated carbocycles. The summed E-state index contributed by atoms with van der Waals surface area (Å²) in [7, 11) is 0. The number of primary amides is 1. The van der Waals surface area contributed by atoms with E-state index in [4.69, 9.17) is 0 Å². The summed E-state index contributed by atoms with van der Waals surface area (Å²) in [6.45, 7) is 0. The molecular weight excluding hydrogens is 174 g/mol. The number of nitrogens with two attached hydrogens (primary N) is 1. The van der Waals surface area contributed by atoms with Crippen molar-refractivity contribution < 1.29 is 10.3 Å². The van der Waals surface area contributed by atoms with Gasteiger partial charge in [-0.15, -0.1) is 11.8 Å². The van der Waals surface area contributed by atoms with Crippen LogP contribution in [0.25, 0.3) is 0 Å². The van der Waals surface area contributed by atoms with E-state index in [1.54, 1.807) is 12.1 Å². The minimum atomic E-state index is -0.458. The van der Waals surface area contributed by atoms with Gasteiger partial charge in [-0.2, -0.15) is 0 Å². The number of quaternary nitrogens is 1. The van der Waals surface area contributed by atoms with Gasteiger partial charge in [-0.05, 0) is 18.4 Å². The highest BCUT2D eigenvalue weighted by Gasteiger charge is 2.09. The van der Waals surface area contributed by atoms with Crippen LogP contribution in [0.2, 0.25) is 0 Å². The van der Waals surface area contributed by atoms with Crippen molar-refractivity contribution in [2.24, 2.45) is 0 Å². The number of thioether (sulfide) groups is 1. The first-order valence-electron chi connectivity index (χ1n) is 3.42. The van der Waals surface area contributed by atoms with E-state index in [1.165, 1.54) is 11.8 Å². The first-order valence-corrected chi connectivity index (χ1v) is 4.64. The smallest absolute Gasteiger partial charge is 0.343 e. The van der Waals surface area contributed by atoms with Gasteiger partial charge in [-0.1, -0.05) is 12.1 Å². The largest absolute Gasteiger partial charge is 0.628 e. The number of hydrogen-bond donors (Lipinski definition) is 1. The Labute approximate surface area is 74.7 Å². The van der Waals surface area contributed by atoms with Crippen LogP contribution in [0.3, 0.4) is 0 Å². The van der Waals surface area contributed by atoms with Gasteiger partial charge in [-0.25, -0.2) is 4.79 Å². The van der Waals surface area contributed by atoms with Gasteiger partial charge in [-0.3, -0.25) is 0 Å². The van der Waals surface area contributed by atoms with E-state index in [2.05, 4.69) is 0 Å². The lowest BCUT2D eigenvalue weighted by atomic mass is 10.2. The summed E-state index contributed by atoms with van der Waals surface area (Å²) in [6, 6.07) is 7.06. The van der Waals surface area contributed by atoms with E-state index >= 15 is 0 Å². The van der Waals surface area contributed by atoms with E-state index in [0.717, 1.165) is 4.90 Å². The molecule has 0 spiro atoms. The molecule has 0 bridgehead atoms. The van der Waals surface area contributed by atoms with Gasteiger partial charge < -0.3 is 10.7 Å². The zero-order valence-electron chi connectivity index (χ0n) is 6.61. The average molecular weight is 183 g/mol. The van der Waals surface area contributed by atoms with Gasteiger partial charge in [0.2, 0.25) is 0 Å². The van der Waals surface area contributed by atoms with Gasteiger partial charge in [0.05, 0.1) is 5.56 Å². The molecule has 12 heavy (non-hydrogen) atoms. The van der Waals surface area contributed by atoms with Crippen molar-refractivity contribution in [3.05, 3.63) is 35.0 Å². The van der Waals surface area contributed by atoms with Crippen LogP contribution in [0.15, 0.2) is 29.2 Å². The molecule has 0 aromatic heterocycles. The molecule has 0 atom stereocenters. The monoisotopic (exact) mass is 183 g/mol. The number of carbonyl (C=O) groups is 1. The summed E-state index contributed by atoms with van der Waals surface area (Å²) >= 11 is 1.46. The summed E-state index contributed by atoms with van der Waals surface area (Å²) in [5.41, 5.74) is 0.828. The highest BCUT2D eigenvalue weighted by atomic mass is 32.2. The fourth-order valence-electron chi connectivity index (χ4n) is 0.912. The third-order valence-electron chi connectivity index (χ3n) is 1.48. The molecule has 1 amide bonds. The summed E-state index contributed by atoms with van der Waals surface area (Å²) in [5.74, 6) is -0.458. The first-order chi connectivity index (χ1) is 5.79. The van der Waals surface area contributed by atoms with Gasteiger partial charge in [0.25, 0.3) is 0 Å². The van der Waals surface area contributed by atoms with Crippen molar-refractivity contribution in [3.63, 3.8) is 0 Å². The second kappa shape index (κ2) is 4.25. The Bertz CT molecular complexity index is 288. The fraction of sp³-hybridized carbons (Fsp3) is 0.125. The molecule has 1 aromatic rings. The predicted molar refractivity (Wildman–Crippen MR) is 47.8 cm³/mol. The topological polar surface area (TPSA) is 56.7 Å². The minimum absolute atomic E-state index is 0.342. The van der Waals surface area contributed by atoms with E-state index in [-0.39, 0.29) is 0 Å². The molecule has 0 aliphatic rings. The Balaban J connectivity index is 3.04. The molecule has 4 heteroatoms. The molecule has 0 fully saturated rings. The normalized spacial score (nSPS) is 9.83. The van der Waals surface area contributed by atoms with Crippen molar-refractivity contribution >= 4 is 17.7 Å². The van der Waals surface area contributed by atoms with Crippen LogP contribution < -0.4 is 5.48 Å². The number of hydrogen-bond acceptors (Lipinski definition) is 3. The van der Waals surface area contributed by atoms with Crippen LogP contribution in [-0.4, -0.2) is 12.2 Å². The Morgan fingerprint density at radius 3 is 2.75 bits per heavy atom. The predicted octanol–water partition coefficient (Wildman–Crippen LogP) is 0.610. The molecule has 1 rings (SSSR count). The molecule has 0 aliphatic carbocycles. The Hall–Kier alpha value is -0.840. The standard InChI is InChI=1S/C8H9NO2S/c1-12-7-5-3-2-4-6(7)8(10)9-11/h2-5H,9H2,1H3. The van der Waals surface area contributed by atoms with E-state index in [1.807, 2.05) is 18.4 Å². The van der Waals surface area contributed by atoms with Gasteiger partial charge in [0.15, 0.2) is 0 Å². The van der Waals surface area contributed by atoms with E-state index in [0.29, 0.717) is 11.0 Å². The first kappa shape index (κ1) is 9.25. The molecular formula is C8H9NO2S. The lowest BCUT2D eigenvalue weighted by molar-refractivity contribution is -0.482. The van der Waals surface area contributed by atoms with Crippen molar-refractivity contribution in [2.45, 2.75) is 4.90 Å². The van der Waals surface area contributed by atoms with Crippen LogP contribution in [-0.2, 0) is 0 Å². The molecule has 0 radical (unpaired) electrons. The number of amides is 1. The van der Waals surface area contributed by atoms with E-state index in [9.17, 15) is 10.0 Å². The van der Waals surface area contributed by atoms with Crippen LogP contribution in [0, 0.1) is 5.21 Å². The second-order valence-electron chi connectivity index (χ2n) is 2.18. The van der Waals surface area contributed by atoms with Crippen LogP contribution in [0.4, 0.5) is 0 Å². The Kier molecular flexibility index (Phi) is 3.28. The SMILES string of the molecule is CSc1ccccc1C(=O)[NH2+][O-]. The number of carbonyl (C=O) groups excluding carboxylic acids is 1. The zero-order chi connectivity index (χ0) is 8.97. The Morgan fingerprint density at radius 1 is 1.50 bits per heavy atom. The molecule has 3 nitrogen and oxygen atoms in total. The third kappa shape index (κ3) is 1.85. The van der Waals surface area contributed by atoms with Crippen molar-refractivity contribution in [1.82, 2.24) is 0 Å². The fourth-order valence-corrected chi connectivity index (χ4v) is 1.51. The van der Waals surface area contributed by atoms with Crippen molar-refractivity contribution in [2.75, 3.05) is 6.26 Å². The third-order valence-corrected chi connectivity index (χ3v) is 2.28. The minimum Gasteiger partial charge on any atom is -0.628 e. The highest BCUT2D eigenvalue weighted by molar-refractivity contribution is 7.98. The zero-order valence-corrected chi connectivity index (χ0v) is 7.43. The lowest BCUT2D eigenvalue weighted by Gasteiger charge is -2.03. The molecule has 0 heterocycles. The molecule has 64 valence electrons. The summed E-state index contributed by atoms with van der Waals surface area (Å²) in [4.78, 5) is 11.9. The van der Waals surface area contributed by atoms with Crippen molar-refractivity contribution in [1.29, 1.82) is 0 Å². The van der Waals surface area contributed by atoms with E-state index < -0.39 is 5.91 Å². The molecule has 0 unspecified atom stereocenters.